The molecule has 32 heavy (non-hydrogen) atoms. The van der Waals surface area contributed by atoms with Gasteiger partial charge in [0.15, 0.2) is 0 Å². The molecule has 2 amide bonds. The Morgan fingerprint density at radius 2 is 1.50 bits per heavy atom. The van der Waals surface area contributed by atoms with E-state index in [9.17, 15) is 14.4 Å². The van der Waals surface area contributed by atoms with E-state index in [1.54, 1.807) is 30.3 Å². The zero-order chi connectivity index (χ0) is 22.3. The molecule has 1 N–H and O–H groups in total. The molecule has 4 rings (SSSR count). The molecule has 1 aliphatic rings. The minimum atomic E-state index is -0.341. The number of nitrogens with zero attached hydrogens (tertiary/aromatic N) is 2. The van der Waals surface area contributed by atoms with Crippen molar-refractivity contribution in [2.45, 2.75) is 6.42 Å². The van der Waals surface area contributed by atoms with Crippen LogP contribution in [0.2, 0.25) is 0 Å². The van der Waals surface area contributed by atoms with Gasteiger partial charge in [0.1, 0.15) is 0 Å². The topological polar surface area (TPSA) is 69.7 Å². The van der Waals surface area contributed by atoms with E-state index in [0.717, 1.165) is 13.1 Å². The smallest absolute Gasteiger partial charge is 0.252 e. The van der Waals surface area contributed by atoms with Gasteiger partial charge < -0.3 is 15.1 Å². The van der Waals surface area contributed by atoms with Crippen molar-refractivity contribution in [1.29, 1.82) is 0 Å². The molecule has 1 aliphatic heterocycles. The Morgan fingerprint density at radius 1 is 0.812 bits per heavy atom. The summed E-state index contributed by atoms with van der Waals surface area (Å²) < 4.78 is 0. The fourth-order valence-corrected chi connectivity index (χ4v) is 4.49. The number of hydrogen-bond donors (Lipinski definition) is 1. The zero-order valence-corrected chi connectivity index (χ0v) is 18.5. The molecule has 0 aliphatic carbocycles. The lowest BCUT2D eigenvalue weighted by atomic mass is 10.0. The maximum absolute atomic E-state index is 12.7. The van der Waals surface area contributed by atoms with Gasteiger partial charge in [-0.2, -0.15) is 0 Å². The second-order valence-corrected chi connectivity index (χ2v) is 8.51. The Kier molecular flexibility index (Phi) is 6.97. The first kappa shape index (κ1) is 21.8. The quantitative estimate of drug-likeness (QED) is 0.564. The molecule has 1 saturated heterocycles. The molecule has 0 atom stereocenters. The average molecular weight is 448 g/mol. The SMILES string of the molecule is O=C(NCCC(=O)N1CCN(c2ccccc2)CC1)c1ccccc1C(=O)c1cccs1. The maximum atomic E-state index is 12.7. The van der Waals surface area contributed by atoms with Gasteiger partial charge in [-0.3, -0.25) is 14.4 Å². The van der Waals surface area contributed by atoms with Crippen molar-refractivity contribution >= 4 is 34.6 Å². The van der Waals surface area contributed by atoms with Crippen molar-refractivity contribution in [2.75, 3.05) is 37.6 Å². The number of para-hydroxylation sites is 1. The lowest BCUT2D eigenvalue weighted by molar-refractivity contribution is -0.131. The lowest BCUT2D eigenvalue weighted by Gasteiger charge is -2.36. The molecule has 1 aromatic heterocycles. The number of piperazine rings is 1. The molecule has 0 spiro atoms. The number of carbonyl (C=O) groups is 3. The summed E-state index contributed by atoms with van der Waals surface area (Å²) in [6.07, 6.45) is 0.234. The van der Waals surface area contributed by atoms with Crippen LogP contribution in [0, 0.1) is 0 Å². The van der Waals surface area contributed by atoms with E-state index in [0.29, 0.717) is 29.1 Å². The van der Waals surface area contributed by atoms with Crippen LogP contribution in [0.3, 0.4) is 0 Å². The van der Waals surface area contributed by atoms with Gasteiger partial charge in [-0.15, -0.1) is 11.3 Å². The Labute approximate surface area is 191 Å². The summed E-state index contributed by atoms with van der Waals surface area (Å²) in [6, 6.07) is 20.5. The molecule has 164 valence electrons. The van der Waals surface area contributed by atoms with Crippen molar-refractivity contribution in [3.8, 4) is 0 Å². The largest absolute Gasteiger partial charge is 0.368 e. The highest BCUT2D eigenvalue weighted by molar-refractivity contribution is 7.12. The molecule has 0 bridgehead atoms. The summed E-state index contributed by atoms with van der Waals surface area (Å²) in [5.74, 6) is -0.480. The third-order valence-electron chi connectivity index (χ3n) is 5.54. The van der Waals surface area contributed by atoms with Gasteiger partial charge in [-0.1, -0.05) is 42.5 Å². The first-order chi connectivity index (χ1) is 15.6. The molecule has 7 heteroatoms. The number of anilines is 1. The number of rotatable bonds is 7. The Morgan fingerprint density at radius 3 is 2.19 bits per heavy atom. The van der Waals surface area contributed by atoms with Gasteiger partial charge >= 0.3 is 0 Å². The van der Waals surface area contributed by atoms with Crippen LogP contribution in [-0.2, 0) is 4.79 Å². The molecule has 3 aromatic rings. The second kappa shape index (κ2) is 10.2. The molecular formula is C25H25N3O3S. The molecule has 0 unspecified atom stereocenters. The molecule has 0 saturated carbocycles. The molecular weight excluding hydrogens is 422 g/mol. The van der Waals surface area contributed by atoms with Gasteiger partial charge in [-0.25, -0.2) is 0 Å². The van der Waals surface area contributed by atoms with Crippen LogP contribution in [0.25, 0.3) is 0 Å². The van der Waals surface area contributed by atoms with Crippen molar-refractivity contribution in [3.05, 3.63) is 88.1 Å². The highest BCUT2D eigenvalue weighted by Gasteiger charge is 2.22. The Hall–Kier alpha value is -3.45. The third-order valence-corrected chi connectivity index (χ3v) is 6.41. The van der Waals surface area contributed by atoms with E-state index in [-0.39, 0.29) is 30.6 Å². The van der Waals surface area contributed by atoms with Gasteiger partial charge in [0.25, 0.3) is 5.91 Å². The van der Waals surface area contributed by atoms with Crippen LogP contribution in [0.4, 0.5) is 5.69 Å². The molecule has 2 heterocycles. The van der Waals surface area contributed by atoms with E-state index in [1.165, 1.54) is 17.0 Å². The number of hydrogen-bond acceptors (Lipinski definition) is 5. The van der Waals surface area contributed by atoms with E-state index in [1.807, 2.05) is 34.5 Å². The van der Waals surface area contributed by atoms with E-state index in [4.69, 9.17) is 0 Å². The molecule has 0 radical (unpaired) electrons. The van der Waals surface area contributed by atoms with Gasteiger partial charge in [0.2, 0.25) is 11.7 Å². The highest BCUT2D eigenvalue weighted by Crippen LogP contribution is 2.19. The van der Waals surface area contributed by atoms with Crippen LogP contribution >= 0.6 is 11.3 Å². The fraction of sp³-hybridized carbons (Fsp3) is 0.240. The zero-order valence-electron chi connectivity index (χ0n) is 17.7. The number of nitrogens with one attached hydrogen (secondary N) is 1. The average Bonchev–Trinajstić information content (AvgIpc) is 3.39. The number of benzene rings is 2. The molecule has 2 aromatic carbocycles. The summed E-state index contributed by atoms with van der Waals surface area (Å²) in [5, 5.41) is 4.63. The normalized spacial score (nSPS) is 13.6. The van der Waals surface area contributed by atoms with Crippen LogP contribution in [0.5, 0.6) is 0 Å². The monoisotopic (exact) mass is 447 g/mol. The number of carbonyl (C=O) groups excluding carboxylic acids is 3. The summed E-state index contributed by atoms with van der Waals surface area (Å²) in [5.41, 5.74) is 1.87. The summed E-state index contributed by atoms with van der Waals surface area (Å²) in [4.78, 5) is 42.7. The summed E-state index contributed by atoms with van der Waals surface area (Å²) in [7, 11) is 0. The minimum absolute atomic E-state index is 0.0287. The Balaban J connectivity index is 1.28. The summed E-state index contributed by atoms with van der Waals surface area (Å²) in [6.45, 7) is 3.15. The number of thiophene rings is 1. The van der Waals surface area contributed by atoms with E-state index < -0.39 is 0 Å². The maximum Gasteiger partial charge on any atom is 0.252 e. The van der Waals surface area contributed by atoms with Crippen LogP contribution in [0.1, 0.15) is 32.0 Å². The van der Waals surface area contributed by atoms with Crippen LogP contribution in [0.15, 0.2) is 72.1 Å². The first-order valence-electron chi connectivity index (χ1n) is 10.7. The molecule has 6 nitrogen and oxygen atoms in total. The van der Waals surface area contributed by atoms with Gasteiger partial charge in [0, 0.05) is 50.4 Å². The molecule has 1 fully saturated rings. The highest BCUT2D eigenvalue weighted by atomic mass is 32.1. The first-order valence-corrected chi connectivity index (χ1v) is 11.5. The fourth-order valence-electron chi connectivity index (χ4n) is 3.81. The lowest BCUT2D eigenvalue weighted by Crippen LogP contribution is -2.49. The van der Waals surface area contributed by atoms with Crippen LogP contribution < -0.4 is 10.2 Å². The predicted molar refractivity (Wildman–Crippen MR) is 126 cm³/mol. The van der Waals surface area contributed by atoms with Gasteiger partial charge in [0.05, 0.1) is 10.4 Å². The van der Waals surface area contributed by atoms with Crippen molar-refractivity contribution in [2.24, 2.45) is 0 Å². The Bertz CT molecular complexity index is 1070. The van der Waals surface area contributed by atoms with E-state index in [2.05, 4.69) is 22.3 Å². The second-order valence-electron chi connectivity index (χ2n) is 7.56. The van der Waals surface area contributed by atoms with E-state index >= 15 is 0 Å². The van der Waals surface area contributed by atoms with Crippen molar-refractivity contribution in [1.82, 2.24) is 10.2 Å². The third kappa shape index (κ3) is 5.06. The van der Waals surface area contributed by atoms with Crippen molar-refractivity contribution < 1.29 is 14.4 Å². The summed E-state index contributed by atoms with van der Waals surface area (Å²) >= 11 is 1.35. The standard InChI is InChI=1S/C25H25N3O3S/c29-23(28-16-14-27(15-17-28)19-7-2-1-3-8-19)12-13-26-25(31)21-10-5-4-9-20(21)24(30)22-11-6-18-32-22/h1-11,18H,12-17H2,(H,26,31). The van der Waals surface area contributed by atoms with Crippen molar-refractivity contribution in [3.63, 3.8) is 0 Å². The van der Waals surface area contributed by atoms with Gasteiger partial charge in [-0.05, 0) is 29.6 Å². The number of ketones is 1. The predicted octanol–water partition coefficient (Wildman–Crippen LogP) is 3.45. The number of amides is 2. The van der Waals surface area contributed by atoms with Crippen LogP contribution in [-0.4, -0.2) is 55.2 Å². The minimum Gasteiger partial charge on any atom is -0.368 e.